The zero-order valence-corrected chi connectivity index (χ0v) is 17.7. The summed E-state index contributed by atoms with van der Waals surface area (Å²) in [6.45, 7) is 0.0580. The van der Waals surface area contributed by atoms with Crippen LogP contribution in [-0.2, 0) is 14.3 Å². The molecule has 2 aromatic carbocycles. The first kappa shape index (κ1) is 22.7. The lowest BCUT2D eigenvalue weighted by Crippen LogP contribution is -2.49. The molecule has 1 aliphatic carbocycles. The second-order valence-corrected chi connectivity index (χ2v) is 8.26. The Hall–Kier alpha value is -3.49. The van der Waals surface area contributed by atoms with E-state index in [1.165, 1.54) is 4.90 Å². The maximum Gasteiger partial charge on any atom is 0.407 e. The van der Waals surface area contributed by atoms with Crippen molar-refractivity contribution in [1.29, 1.82) is 0 Å². The molecule has 2 N–H and O–H groups in total. The molecule has 9 heteroatoms. The number of hydrogen-bond donors (Lipinski definition) is 2. The molecule has 1 fully saturated rings. The molecule has 2 aromatic rings. The molecule has 0 aromatic heterocycles. The van der Waals surface area contributed by atoms with Crippen LogP contribution in [0.3, 0.4) is 0 Å². The van der Waals surface area contributed by atoms with Crippen molar-refractivity contribution in [2.45, 2.75) is 31.2 Å². The van der Waals surface area contributed by atoms with Gasteiger partial charge in [0.15, 0.2) is 0 Å². The summed E-state index contributed by atoms with van der Waals surface area (Å²) in [4.78, 5) is 37.5. The van der Waals surface area contributed by atoms with Crippen LogP contribution in [0.2, 0.25) is 0 Å². The minimum Gasteiger partial charge on any atom is -0.481 e. The Kier molecular flexibility index (Phi) is 6.57. The molecule has 2 atom stereocenters. The fraction of sp³-hybridized carbons (Fsp3) is 0.375. The third kappa shape index (κ3) is 4.81. The van der Waals surface area contributed by atoms with E-state index in [0.717, 1.165) is 22.3 Å². The van der Waals surface area contributed by atoms with Crippen molar-refractivity contribution in [2.75, 3.05) is 19.7 Å². The molecule has 174 valence electrons. The van der Waals surface area contributed by atoms with Gasteiger partial charge in [-0.05, 0) is 28.7 Å². The van der Waals surface area contributed by atoms with Crippen molar-refractivity contribution >= 4 is 18.0 Å². The number of carbonyl (C=O) groups is 3. The maximum absolute atomic E-state index is 13.1. The van der Waals surface area contributed by atoms with Crippen LogP contribution < -0.4 is 5.32 Å². The van der Waals surface area contributed by atoms with Crippen LogP contribution in [0, 0.1) is 5.92 Å². The lowest BCUT2D eigenvalue weighted by molar-refractivity contribution is -0.141. The Morgan fingerprint density at radius 3 is 2.21 bits per heavy atom. The number of carboxylic acid groups (broad SMARTS) is 1. The highest BCUT2D eigenvalue weighted by atomic mass is 19.3. The van der Waals surface area contributed by atoms with Gasteiger partial charge in [0.25, 0.3) is 0 Å². The van der Waals surface area contributed by atoms with Gasteiger partial charge in [-0.15, -0.1) is 0 Å². The van der Waals surface area contributed by atoms with Crippen LogP contribution in [0.5, 0.6) is 0 Å². The number of alkyl halides is 2. The third-order valence-corrected chi connectivity index (χ3v) is 6.20. The summed E-state index contributed by atoms with van der Waals surface area (Å²) in [6.07, 6.45) is -4.43. The van der Waals surface area contributed by atoms with Gasteiger partial charge in [-0.2, -0.15) is 0 Å². The number of nitrogens with one attached hydrogen (secondary N) is 1. The molecule has 2 aliphatic rings. The average molecular weight is 458 g/mol. The van der Waals surface area contributed by atoms with Crippen molar-refractivity contribution in [2.24, 2.45) is 5.92 Å². The second-order valence-electron chi connectivity index (χ2n) is 8.26. The van der Waals surface area contributed by atoms with E-state index in [1.54, 1.807) is 0 Å². The smallest absolute Gasteiger partial charge is 0.407 e. The third-order valence-electron chi connectivity index (χ3n) is 6.20. The van der Waals surface area contributed by atoms with E-state index < -0.39 is 42.8 Å². The predicted octanol–water partition coefficient (Wildman–Crippen LogP) is 3.48. The van der Waals surface area contributed by atoms with Gasteiger partial charge in [0.2, 0.25) is 12.3 Å². The monoisotopic (exact) mass is 458 g/mol. The first-order valence-corrected chi connectivity index (χ1v) is 10.8. The number of nitrogens with zero attached hydrogens (tertiary/aromatic N) is 1. The molecule has 1 heterocycles. The molecular formula is C24H24F2N2O5. The van der Waals surface area contributed by atoms with E-state index >= 15 is 0 Å². The summed E-state index contributed by atoms with van der Waals surface area (Å²) in [6, 6.07) is 14.1. The Labute approximate surface area is 189 Å². The number of alkyl carbamates (subject to hydrolysis) is 1. The van der Waals surface area contributed by atoms with E-state index in [-0.39, 0.29) is 32.0 Å². The van der Waals surface area contributed by atoms with Crippen LogP contribution in [0.4, 0.5) is 13.6 Å². The van der Waals surface area contributed by atoms with Gasteiger partial charge in [0.05, 0.1) is 5.92 Å². The number of likely N-dealkylation sites (tertiary alicyclic amines) is 1. The fourth-order valence-electron chi connectivity index (χ4n) is 4.56. The lowest BCUT2D eigenvalue weighted by Gasteiger charge is -2.24. The van der Waals surface area contributed by atoms with Crippen molar-refractivity contribution in [3.63, 3.8) is 0 Å². The zero-order valence-electron chi connectivity index (χ0n) is 17.7. The lowest BCUT2D eigenvalue weighted by atomic mass is 9.98. The van der Waals surface area contributed by atoms with Crippen molar-refractivity contribution in [3.05, 3.63) is 59.7 Å². The summed E-state index contributed by atoms with van der Waals surface area (Å²) < 4.78 is 31.5. The Morgan fingerprint density at radius 2 is 1.67 bits per heavy atom. The van der Waals surface area contributed by atoms with E-state index in [0.29, 0.717) is 0 Å². The van der Waals surface area contributed by atoms with E-state index in [4.69, 9.17) is 9.84 Å². The predicted molar refractivity (Wildman–Crippen MR) is 115 cm³/mol. The summed E-state index contributed by atoms with van der Waals surface area (Å²) in [7, 11) is 0. The maximum atomic E-state index is 13.1. The largest absolute Gasteiger partial charge is 0.481 e. The van der Waals surface area contributed by atoms with Gasteiger partial charge in [-0.3, -0.25) is 9.59 Å². The average Bonchev–Trinajstić information content (AvgIpc) is 3.40. The second kappa shape index (κ2) is 9.56. The van der Waals surface area contributed by atoms with Crippen LogP contribution in [0.25, 0.3) is 11.1 Å². The number of halogens is 2. The topological polar surface area (TPSA) is 95.9 Å². The van der Waals surface area contributed by atoms with Gasteiger partial charge in [0.1, 0.15) is 12.6 Å². The van der Waals surface area contributed by atoms with Crippen LogP contribution >= 0.6 is 0 Å². The van der Waals surface area contributed by atoms with E-state index in [1.807, 2.05) is 48.5 Å². The highest BCUT2D eigenvalue weighted by Gasteiger charge is 2.36. The molecule has 2 unspecified atom stereocenters. The SMILES string of the molecule is O=C(NC(CC(F)F)C(=O)N1CCC(C(=O)O)C1)OCC1c2ccccc2-c2ccccc21. The number of amides is 2. The molecule has 0 radical (unpaired) electrons. The first-order valence-electron chi connectivity index (χ1n) is 10.8. The minimum absolute atomic E-state index is 0.0136. The summed E-state index contributed by atoms with van der Waals surface area (Å²) in [5.41, 5.74) is 4.11. The van der Waals surface area contributed by atoms with Crippen LogP contribution in [0.1, 0.15) is 29.9 Å². The summed E-state index contributed by atoms with van der Waals surface area (Å²) in [5.74, 6) is -2.72. The molecule has 33 heavy (non-hydrogen) atoms. The molecule has 0 bridgehead atoms. The van der Waals surface area contributed by atoms with Crippen molar-refractivity contribution in [3.8, 4) is 11.1 Å². The van der Waals surface area contributed by atoms with Crippen molar-refractivity contribution < 1.29 is 33.0 Å². The quantitative estimate of drug-likeness (QED) is 0.662. The minimum atomic E-state index is -2.83. The van der Waals surface area contributed by atoms with Gasteiger partial charge in [-0.1, -0.05) is 48.5 Å². The van der Waals surface area contributed by atoms with Gasteiger partial charge in [0, 0.05) is 25.4 Å². The van der Waals surface area contributed by atoms with Gasteiger partial charge < -0.3 is 20.1 Å². The molecule has 7 nitrogen and oxygen atoms in total. The van der Waals surface area contributed by atoms with Gasteiger partial charge in [-0.25, -0.2) is 13.6 Å². The molecule has 4 rings (SSSR count). The molecule has 0 spiro atoms. The molecule has 0 saturated carbocycles. The molecular weight excluding hydrogens is 434 g/mol. The highest BCUT2D eigenvalue weighted by Crippen LogP contribution is 2.44. The number of rotatable bonds is 7. The summed E-state index contributed by atoms with van der Waals surface area (Å²) >= 11 is 0. The van der Waals surface area contributed by atoms with E-state index in [2.05, 4.69) is 5.32 Å². The highest BCUT2D eigenvalue weighted by molar-refractivity contribution is 5.87. The molecule has 1 aliphatic heterocycles. The van der Waals surface area contributed by atoms with Crippen molar-refractivity contribution in [1.82, 2.24) is 10.2 Å². The standard InChI is InChI=1S/C24H24F2N2O5/c25-21(26)11-20(22(29)28-10-9-14(12-28)23(30)31)27-24(32)33-13-19-17-7-3-1-5-15(17)16-6-2-4-8-18(16)19/h1-8,14,19-21H,9-13H2,(H,27,32)(H,30,31). The molecule has 1 saturated heterocycles. The number of carboxylic acids is 1. The van der Waals surface area contributed by atoms with E-state index in [9.17, 15) is 23.2 Å². The number of carbonyl (C=O) groups excluding carboxylic acids is 2. The first-order chi connectivity index (χ1) is 15.8. The Morgan fingerprint density at radius 1 is 1.06 bits per heavy atom. The van der Waals surface area contributed by atoms with Gasteiger partial charge >= 0.3 is 12.1 Å². The number of hydrogen-bond acceptors (Lipinski definition) is 4. The number of ether oxygens (including phenoxy) is 1. The number of benzene rings is 2. The fourth-order valence-corrected chi connectivity index (χ4v) is 4.56. The van der Waals surface area contributed by atoms with Crippen LogP contribution in [0.15, 0.2) is 48.5 Å². The Bertz CT molecular complexity index is 1020. The Balaban J connectivity index is 1.41. The zero-order chi connectivity index (χ0) is 23.5. The van der Waals surface area contributed by atoms with Crippen LogP contribution in [-0.4, -0.2) is 60.1 Å². The normalized spacial score (nSPS) is 18.0. The number of fused-ring (bicyclic) bond motifs is 3. The summed E-state index contributed by atoms with van der Waals surface area (Å²) in [5, 5.41) is 11.4. The molecule has 2 amide bonds. The number of aliphatic carboxylic acids is 1.